The number of ether oxygens (including phenoxy) is 1. The summed E-state index contributed by atoms with van der Waals surface area (Å²) in [6.45, 7) is -0.0356. The summed E-state index contributed by atoms with van der Waals surface area (Å²) in [5.41, 5.74) is 3.24. The van der Waals surface area contributed by atoms with Gasteiger partial charge >= 0.3 is 0 Å². The predicted octanol–water partition coefficient (Wildman–Crippen LogP) is 1.60. The zero-order valence-electron chi connectivity index (χ0n) is 14.8. The molecule has 0 bridgehead atoms. The summed E-state index contributed by atoms with van der Waals surface area (Å²) in [4.78, 5) is 12.2. The summed E-state index contributed by atoms with van der Waals surface area (Å²) in [5.74, 6) is 0.0210. The van der Waals surface area contributed by atoms with Gasteiger partial charge in [-0.15, -0.1) is 0 Å². The molecule has 0 saturated heterocycles. The van der Waals surface area contributed by atoms with Gasteiger partial charge in [-0.3, -0.25) is 4.79 Å². The van der Waals surface area contributed by atoms with E-state index in [0.29, 0.717) is 11.3 Å². The second-order valence-electron chi connectivity index (χ2n) is 5.53. The van der Waals surface area contributed by atoms with E-state index in [0.717, 1.165) is 4.31 Å². The van der Waals surface area contributed by atoms with E-state index in [1.165, 1.54) is 44.6 Å². The molecule has 0 radical (unpaired) electrons. The zero-order chi connectivity index (χ0) is 19.9. The molecule has 0 spiro atoms. The minimum absolute atomic E-state index is 0.0251. The predicted molar refractivity (Wildman–Crippen MR) is 99.9 cm³/mol. The number of benzene rings is 2. The first-order valence-corrected chi connectivity index (χ1v) is 9.24. The van der Waals surface area contributed by atoms with Crippen LogP contribution in [0.3, 0.4) is 0 Å². The van der Waals surface area contributed by atoms with Crippen LogP contribution >= 0.6 is 0 Å². The molecular formula is C18H18N4O4S. The Balaban J connectivity index is 2.03. The van der Waals surface area contributed by atoms with E-state index in [9.17, 15) is 13.2 Å². The minimum atomic E-state index is -3.62. The van der Waals surface area contributed by atoms with E-state index in [1.807, 2.05) is 6.07 Å². The molecule has 0 aliphatic heterocycles. The van der Waals surface area contributed by atoms with Crippen molar-refractivity contribution in [1.29, 1.82) is 5.26 Å². The van der Waals surface area contributed by atoms with E-state index < -0.39 is 15.9 Å². The molecule has 2 aromatic carbocycles. The maximum Gasteiger partial charge on any atom is 0.271 e. The van der Waals surface area contributed by atoms with Crippen LogP contribution in [0.2, 0.25) is 0 Å². The van der Waals surface area contributed by atoms with Crippen molar-refractivity contribution in [3.05, 3.63) is 59.7 Å². The van der Waals surface area contributed by atoms with Gasteiger partial charge in [-0.05, 0) is 48.0 Å². The van der Waals surface area contributed by atoms with E-state index in [2.05, 4.69) is 10.5 Å². The number of nitriles is 1. The number of carbonyl (C=O) groups is 1. The number of amides is 1. The molecule has 1 N–H and O–H groups in total. The summed E-state index contributed by atoms with van der Waals surface area (Å²) in [6, 6.07) is 14.4. The molecule has 0 aliphatic carbocycles. The average molecular weight is 386 g/mol. The second kappa shape index (κ2) is 8.93. The number of hydrogen-bond acceptors (Lipinski definition) is 6. The number of hydrogen-bond donors (Lipinski definition) is 1. The molecular weight excluding hydrogens is 368 g/mol. The molecule has 0 heterocycles. The Morgan fingerprint density at radius 3 is 2.59 bits per heavy atom. The molecule has 0 fully saturated rings. The number of hydrazone groups is 1. The Labute approximate surface area is 157 Å². The first-order chi connectivity index (χ1) is 12.8. The van der Waals surface area contributed by atoms with E-state index in [-0.39, 0.29) is 17.1 Å². The van der Waals surface area contributed by atoms with Crippen molar-refractivity contribution in [2.75, 3.05) is 20.7 Å². The first-order valence-electron chi connectivity index (χ1n) is 7.80. The molecule has 9 heteroatoms. The van der Waals surface area contributed by atoms with Crippen molar-refractivity contribution < 1.29 is 17.9 Å². The van der Waals surface area contributed by atoms with Crippen LogP contribution in [0.4, 0.5) is 0 Å². The highest BCUT2D eigenvalue weighted by Gasteiger charge is 2.18. The smallest absolute Gasteiger partial charge is 0.271 e. The van der Waals surface area contributed by atoms with Gasteiger partial charge in [0.05, 0.1) is 11.1 Å². The molecule has 0 unspecified atom stereocenters. The van der Waals surface area contributed by atoms with Crippen LogP contribution in [0.15, 0.2) is 58.5 Å². The number of rotatable bonds is 7. The van der Waals surface area contributed by atoms with Gasteiger partial charge in [-0.2, -0.15) is 10.4 Å². The molecule has 0 saturated carbocycles. The third kappa shape index (κ3) is 5.37. The van der Waals surface area contributed by atoms with Gasteiger partial charge < -0.3 is 4.74 Å². The summed E-state index contributed by atoms with van der Waals surface area (Å²) >= 11 is 0. The van der Waals surface area contributed by atoms with Crippen LogP contribution in [-0.2, 0) is 10.0 Å². The van der Waals surface area contributed by atoms with Crippen molar-refractivity contribution in [2.45, 2.75) is 4.90 Å². The van der Waals surface area contributed by atoms with Crippen LogP contribution in [0, 0.1) is 11.3 Å². The van der Waals surface area contributed by atoms with E-state index in [4.69, 9.17) is 10.00 Å². The van der Waals surface area contributed by atoms with Crippen molar-refractivity contribution in [3.8, 4) is 11.8 Å². The Kier molecular flexibility index (Phi) is 6.65. The molecule has 0 aromatic heterocycles. The number of nitrogens with zero attached hydrogens (tertiary/aromatic N) is 3. The Hall–Kier alpha value is -3.22. The molecule has 2 aromatic rings. The first kappa shape index (κ1) is 20.1. The maximum absolute atomic E-state index is 12.2. The van der Waals surface area contributed by atoms with Gasteiger partial charge in [0.25, 0.3) is 5.91 Å². The molecule has 140 valence electrons. The van der Waals surface area contributed by atoms with Crippen molar-refractivity contribution >= 4 is 22.1 Å². The third-order valence-corrected chi connectivity index (χ3v) is 5.25. The lowest BCUT2D eigenvalue weighted by Crippen LogP contribution is -2.23. The second-order valence-corrected chi connectivity index (χ2v) is 7.68. The molecule has 0 aliphatic rings. The van der Waals surface area contributed by atoms with Crippen molar-refractivity contribution in [1.82, 2.24) is 9.73 Å². The zero-order valence-corrected chi connectivity index (χ0v) is 15.6. The molecule has 1 amide bonds. The van der Waals surface area contributed by atoms with Crippen molar-refractivity contribution in [3.63, 3.8) is 0 Å². The van der Waals surface area contributed by atoms with Crippen molar-refractivity contribution in [2.24, 2.45) is 5.10 Å². The molecule has 0 atom stereocenters. The summed E-state index contributed by atoms with van der Waals surface area (Å²) < 4.78 is 30.5. The highest BCUT2D eigenvalue weighted by atomic mass is 32.2. The summed E-state index contributed by atoms with van der Waals surface area (Å²) in [5, 5.41) is 12.3. The largest absolute Gasteiger partial charge is 0.479 e. The maximum atomic E-state index is 12.2. The Morgan fingerprint density at radius 2 is 1.96 bits per heavy atom. The van der Waals surface area contributed by atoms with Crippen LogP contribution in [-0.4, -0.2) is 45.5 Å². The van der Waals surface area contributed by atoms with Gasteiger partial charge in [0.1, 0.15) is 11.8 Å². The van der Waals surface area contributed by atoms with Crippen LogP contribution < -0.4 is 10.2 Å². The van der Waals surface area contributed by atoms with Gasteiger partial charge in [-0.1, -0.05) is 6.07 Å². The lowest BCUT2D eigenvalue weighted by molar-refractivity contribution is 0.0955. The lowest BCUT2D eigenvalue weighted by atomic mass is 10.2. The fourth-order valence-corrected chi connectivity index (χ4v) is 2.95. The van der Waals surface area contributed by atoms with Crippen LogP contribution in [0.25, 0.3) is 0 Å². The minimum Gasteiger partial charge on any atom is -0.479 e. The molecule has 8 nitrogen and oxygen atoms in total. The van der Waals surface area contributed by atoms with E-state index in [1.54, 1.807) is 24.3 Å². The SMILES string of the molecule is CN(C)S(=O)(=O)c1cccc(C(=O)N/N=C\c2ccc(OCC#N)cc2)c1. The van der Waals surface area contributed by atoms with Gasteiger partial charge in [-0.25, -0.2) is 18.1 Å². The van der Waals surface area contributed by atoms with Crippen LogP contribution in [0.5, 0.6) is 5.75 Å². The topological polar surface area (TPSA) is 112 Å². The number of sulfonamides is 1. The molecule has 27 heavy (non-hydrogen) atoms. The summed E-state index contributed by atoms with van der Waals surface area (Å²) in [7, 11) is -0.785. The highest BCUT2D eigenvalue weighted by Crippen LogP contribution is 2.15. The third-order valence-electron chi connectivity index (χ3n) is 3.44. The van der Waals surface area contributed by atoms with Gasteiger partial charge in [0.2, 0.25) is 10.0 Å². The van der Waals surface area contributed by atoms with Crippen LogP contribution in [0.1, 0.15) is 15.9 Å². The lowest BCUT2D eigenvalue weighted by Gasteiger charge is -2.11. The average Bonchev–Trinajstić information content (AvgIpc) is 2.67. The molecule has 2 rings (SSSR count). The number of carbonyl (C=O) groups excluding carboxylic acids is 1. The quantitative estimate of drug-likeness (QED) is 0.574. The van der Waals surface area contributed by atoms with E-state index >= 15 is 0 Å². The monoisotopic (exact) mass is 386 g/mol. The summed E-state index contributed by atoms with van der Waals surface area (Å²) in [6.07, 6.45) is 1.44. The number of nitrogens with one attached hydrogen (secondary N) is 1. The fraction of sp³-hybridized carbons (Fsp3) is 0.167. The Morgan fingerprint density at radius 1 is 1.26 bits per heavy atom. The fourth-order valence-electron chi connectivity index (χ4n) is 2.00. The Bertz CT molecular complexity index is 977. The van der Waals surface area contributed by atoms with Gasteiger partial charge in [0.15, 0.2) is 6.61 Å². The normalized spacial score (nSPS) is 11.3. The van der Waals surface area contributed by atoms with Gasteiger partial charge in [0, 0.05) is 19.7 Å². The standard InChI is InChI=1S/C18H18N4O4S/c1-22(2)27(24,25)17-5-3-4-15(12-17)18(23)21-20-13-14-6-8-16(9-7-14)26-11-10-19/h3-9,12-13H,11H2,1-2H3,(H,21,23)/b20-13-. The highest BCUT2D eigenvalue weighted by molar-refractivity contribution is 7.89.